The zero-order chi connectivity index (χ0) is 16.5. The van der Waals surface area contributed by atoms with E-state index in [9.17, 15) is 9.90 Å². The van der Waals surface area contributed by atoms with Crippen molar-refractivity contribution in [2.45, 2.75) is 33.3 Å². The highest BCUT2D eigenvalue weighted by Crippen LogP contribution is 2.15. The molecule has 0 bridgehead atoms. The van der Waals surface area contributed by atoms with E-state index < -0.39 is 5.60 Å². The van der Waals surface area contributed by atoms with E-state index in [-0.39, 0.29) is 12.5 Å². The van der Waals surface area contributed by atoms with E-state index in [1.165, 1.54) is 4.90 Å². The normalized spacial score (nSPS) is 11.5. The van der Waals surface area contributed by atoms with Crippen molar-refractivity contribution in [3.63, 3.8) is 0 Å². The van der Waals surface area contributed by atoms with Crippen LogP contribution in [0.1, 0.15) is 35.6 Å². The first-order chi connectivity index (χ1) is 10.2. The van der Waals surface area contributed by atoms with E-state index in [4.69, 9.17) is 0 Å². The number of carbonyl (C=O) groups is 1. The van der Waals surface area contributed by atoms with E-state index in [1.54, 1.807) is 25.6 Å². The quantitative estimate of drug-likeness (QED) is 0.933. The van der Waals surface area contributed by atoms with Crippen molar-refractivity contribution in [1.82, 2.24) is 19.9 Å². The Bertz CT molecular complexity index is 668. The predicted molar refractivity (Wildman–Crippen MR) is 84.1 cm³/mol. The molecule has 0 aliphatic rings. The topological polar surface area (TPSA) is 71.2 Å². The molecular formula is C16H22N4O2. The van der Waals surface area contributed by atoms with Gasteiger partial charge >= 0.3 is 0 Å². The first kappa shape index (κ1) is 16.2. The minimum Gasteiger partial charge on any atom is -0.389 e. The van der Waals surface area contributed by atoms with Gasteiger partial charge in [0, 0.05) is 13.6 Å². The van der Waals surface area contributed by atoms with E-state index in [1.807, 2.05) is 38.1 Å². The highest BCUT2D eigenvalue weighted by Gasteiger charge is 2.24. The first-order valence-corrected chi connectivity index (χ1v) is 7.16. The van der Waals surface area contributed by atoms with Gasteiger partial charge in [0.1, 0.15) is 0 Å². The smallest absolute Gasteiger partial charge is 0.276 e. The molecule has 0 atom stereocenters. The summed E-state index contributed by atoms with van der Waals surface area (Å²) in [4.78, 5) is 13.9. The van der Waals surface area contributed by atoms with Gasteiger partial charge in [0.25, 0.3) is 5.91 Å². The highest BCUT2D eigenvalue weighted by molar-refractivity contribution is 5.93. The average molecular weight is 302 g/mol. The molecule has 6 nitrogen and oxygen atoms in total. The van der Waals surface area contributed by atoms with Crippen molar-refractivity contribution in [3.8, 4) is 5.69 Å². The Balaban J connectivity index is 2.27. The van der Waals surface area contributed by atoms with Gasteiger partial charge in [-0.1, -0.05) is 22.9 Å². The van der Waals surface area contributed by atoms with Crippen molar-refractivity contribution >= 4 is 5.91 Å². The number of benzene rings is 1. The molecule has 1 aromatic carbocycles. The monoisotopic (exact) mass is 302 g/mol. The van der Waals surface area contributed by atoms with Crippen LogP contribution in [-0.2, 0) is 0 Å². The van der Waals surface area contributed by atoms with Gasteiger partial charge in [-0.15, -0.1) is 5.10 Å². The van der Waals surface area contributed by atoms with Crippen LogP contribution in [0.2, 0.25) is 0 Å². The van der Waals surface area contributed by atoms with Crippen LogP contribution in [0, 0.1) is 13.8 Å². The summed E-state index contributed by atoms with van der Waals surface area (Å²) < 4.78 is 1.64. The standard InChI is InChI=1S/C16H22N4O2/c1-11-6-8-13(9-7-11)20-12(2)14(17-18-20)15(21)19(5)10-16(3,4)22/h6-9,22H,10H2,1-5H3. The lowest BCUT2D eigenvalue weighted by Crippen LogP contribution is -2.40. The second-order valence-electron chi connectivity index (χ2n) is 6.24. The SMILES string of the molecule is Cc1ccc(-n2nnc(C(=O)N(C)CC(C)(C)O)c2C)cc1. The number of aryl methyl sites for hydroxylation is 1. The van der Waals surface area contributed by atoms with Crippen molar-refractivity contribution < 1.29 is 9.90 Å². The Labute approximate surface area is 130 Å². The average Bonchev–Trinajstić information content (AvgIpc) is 2.79. The van der Waals surface area contributed by atoms with Gasteiger partial charge in [-0.05, 0) is 39.8 Å². The van der Waals surface area contributed by atoms with Gasteiger partial charge in [0.2, 0.25) is 0 Å². The third kappa shape index (κ3) is 3.51. The van der Waals surface area contributed by atoms with Crippen LogP contribution in [0.5, 0.6) is 0 Å². The van der Waals surface area contributed by atoms with Crippen LogP contribution >= 0.6 is 0 Å². The second kappa shape index (κ2) is 5.88. The second-order valence-corrected chi connectivity index (χ2v) is 6.24. The molecule has 1 aromatic heterocycles. The summed E-state index contributed by atoms with van der Waals surface area (Å²) >= 11 is 0. The zero-order valence-electron chi connectivity index (χ0n) is 13.7. The summed E-state index contributed by atoms with van der Waals surface area (Å²) in [6, 6.07) is 7.84. The number of carbonyl (C=O) groups excluding carboxylic acids is 1. The van der Waals surface area contributed by atoms with E-state index >= 15 is 0 Å². The molecule has 1 heterocycles. The number of aliphatic hydroxyl groups is 1. The number of aromatic nitrogens is 3. The van der Waals surface area contributed by atoms with Crippen LogP contribution in [0.4, 0.5) is 0 Å². The molecule has 0 aliphatic carbocycles. The Hall–Kier alpha value is -2.21. The molecule has 0 aliphatic heterocycles. The summed E-state index contributed by atoms with van der Waals surface area (Å²) in [5, 5.41) is 17.9. The van der Waals surface area contributed by atoms with Gasteiger partial charge in [0.05, 0.1) is 17.0 Å². The van der Waals surface area contributed by atoms with E-state index in [2.05, 4.69) is 10.3 Å². The minimum absolute atomic E-state index is 0.225. The number of rotatable bonds is 4. The Morgan fingerprint density at radius 1 is 1.27 bits per heavy atom. The largest absolute Gasteiger partial charge is 0.389 e. The molecule has 1 amide bonds. The number of nitrogens with zero attached hydrogens (tertiary/aromatic N) is 4. The predicted octanol–water partition coefficient (Wildman–Crippen LogP) is 1.73. The molecule has 2 aromatic rings. The van der Waals surface area contributed by atoms with Crippen molar-refractivity contribution in [2.24, 2.45) is 0 Å². The third-order valence-corrected chi connectivity index (χ3v) is 3.35. The molecular weight excluding hydrogens is 280 g/mol. The molecule has 118 valence electrons. The fourth-order valence-corrected chi connectivity index (χ4v) is 2.29. The summed E-state index contributed by atoms with van der Waals surface area (Å²) in [6.07, 6.45) is 0. The molecule has 0 unspecified atom stereocenters. The van der Waals surface area contributed by atoms with Gasteiger partial charge in [-0.2, -0.15) is 0 Å². The number of amides is 1. The molecule has 6 heteroatoms. The molecule has 0 fully saturated rings. The van der Waals surface area contributed by atoms with Crippen LogP contribution in [-0.4, -0.2) is 50.1 Å². The fourth-order valence-electron chi connectivity index (χ4n) is 2.29. The van der Waals surface area contributed by atoms with Crippen LogP contribution < -0.4 is 0 Å². The van der Waals surface area contributed by atoms with Gasteiger partial charge in [0.15, 0.2) is 5.69 Å². The maximum absolute atomic E-state index is 12.4. The first-order valence-electron chi connectivity index (χ1n) is 7.16. The summed E-state index contributed by atoms with van der Waals surface area (Å²) in [5.74, 6) is -0.252. The summed E-state index contributed by atoms with van der Waals surface area (Å²) in [7, 11) is 1.64. The molecule has 0 saturated heterocycles. The van der Waals surface area contributed by atoms with Crippen LogP contribution in [0.15, 0.2) is 24.3 Å². The van der Waals surface area contributed by atoms with Crippen molar-refractivity contribution in [1.29, 1.82) is 0 Å². The maximum Gasteiger partial charge on any atom is 0.276 e. The molecule has 0 radical (unpaired) electrons. The molecule has 0 spiro atoms. The highest BCUT2D eigenvalue weighted by atomic mass is 16.3. The fraction of sp³-hybridized carbons (Fsp3) is 0.438. The van der Waals surface area contributed by atoms with Crippen LogP contribution in [0.3, 0.4) is 0 Å². The Morgan fingerprint density at radius 2 is 1.86 bits per heavy atom. The van der Waals surface area contributed by atoms with E-state index in [0.717, 1.165) is 11.3 Å². The third-order valence-electron chi connectivity index (χ3n) is 3.35. The lowest BCUT2D eigenvalue weighted by atomic mass is 10.1. The maximum atomic E-state index is 12.4. The van der Waals surface area contributed by atoms with Crippen molar-refractivity contribution in [2.75, 3.05) is 13.6 Å². The lowest BCUT2D eigenvalue weighted by Gasteiger charge is -2.25. The number of hydrogen-bond acceptors (Lipinski definition) is 4. The van der Waals surface area contributed by atoms with Gasteiger partial charge in [-0.3, -0.25) is 4.79 Å². The zero-order valence-corrected chi connectivity index (χ0v) is 13.7. The molecule has 1 N–H and O–H groups in total. The van der Waals surface area contributed by atoms with Gasteiger partial charge in [-0.25, -0.2) is 4.68 Å². The summed E-state index contributed by atoms with van der Waals surface area (Å²) in [6.45, 7) is 7.37. The lowest BCUT2D eigenvalue weighted by molar-refractivity contribution is 0.0364. The summed E-state index contributed by atoms with van der Waals surface area (Å²) in [5.41, 5.74) is 2.04. The van der Waals surface area contributed by atoms with Crippen molar-refractivity contribution in [3.05, 3.63) is 41.2 Å². The number of hydrogen-bond donors (Lipinski definition) is 1. The molecule has 22 heavy (non-hydrogen) atoms. The number of likely N-dealkylation sites (N-methyl/N-ethyl adjacent to an activating group) is 1. The van der Waals surface area contributed by atoms with Crippen LogP contribution in [0.25, 0.3) is 5.69 Å². The molecule has 2 rings (SSSR count). The molecule has 0 saturated carbocycles. The Morgan fingerprint density at radius 3 is 2.41 bits per heavy atom. The van der Waals surface area contributed by atoms with E-state index in [0.29, 0.717) is 11.4 Å². The van der Waals surface area contributed by atoms with Gasteiger partial charge < -0.3 is 10.0 Å². The minimum atomic E-state index is -0.953. The Kier molecular flexibility index (Phi) is 4.32.